The molecule has 1 heterocycles. The van der Waals surface area contributed by atoms with Crippen molar-refractivity contribution >= 4 is 5.97 Å². The number of ether oxygens (including phenoxy) is 2. The molecule has 4 heteroatoms. The fourth-order valence-corrected chi connectivity index (χ4v) is 1.78. The Morgan fingerprint density at radius 3 is 2.61 bits per heavy atom. The molecular formula is C14H18O4. The molecule has 0 atom stereocenters. The van der Waals surface area contributed by atoms with Gasteiger partial charge in [-0.3, -0.25) is 4.79 Å². The van der Waals surface area contributed by atoms with Gasteiger partial charge in [0.25, 0.3) is 0 Å². The van der Waals surface area contributed by atoms with Crippen molar-refractivity contribution in [3.8, 4) is 11.5 Å². The highest BCUT2D eigenvalue weighted by Gasteiger charge is 2.25. The summed E-state index contributed by atoms with van der Waals surface area (Å²) in [5.74, 6) is 0.659. The van der Waals surface area contributed by atoms with Crippen LogP contribution < -0.4 is 9.47 Å². The highest BCUT2D eigenvalue weighted by Crippen LogP contribution is 2.34. The first-order valence-electron chi connectivity index (χ1n) is 6.07. The molecule has 1 aliphatic rings. The van der Waals surface area contributed by atoms with Gasteiger partial charge >= 0.3 is 5.97 Å². The number of rotatable bonds is 3. The van der Waals surface area contributed by atoms with E-state index in [1.807, 2.05) is 18.2 Å². The van der Waals surface area contributed by atoms with Crippen LogP contribution >= 0.6 is 0 Å². The van der Waals surface area contributed by atoms with Crippen molar-refractivity contribution in [1.29, 1.82) is 0 Å². The van der Waals surface area contributed by atoms with Crippen LogP contribution in [0.15, 0.2) is 18.2 Å². The fraction of sp³-hybridized carbons (Fsp3) is 0.500. The summed E-state index contributed by atoms with van der Waals surface area (Å²) in [4.78, 5) is 10.5. The van der Waals surface area contributed by atoms with Crippen molar-refractivity contribution in [3.05, 3.63) is 23.8 Å². The molecule has 0 saturated carbocycles. The smallest absolute Gasteiger partial charge is 0.303 e. The van der Waals surface area contributed by atoms with Crippen LogP contribution in [0.4, 0.5) is 0 Å². The second-order valence-electron chi connectivity index (χ2n) is 5.42. The van der Waals surface area contributed by atoms with Gasteiger partial charge in [0.15, 0.2) is 11.5 Å². The van der Waals surface area contributed by atoms with E-state index in [1.165, 1.54) is 0 Å². The first-order valence-corrected chi connectivity index (χ1v) is 6.07. The molecular weight excluding hydrogens is 232 g/mol. The number of hydrogen-bond donors (Lipinski definition) is 1. The Kier molecular flexibility index (Phi) is 3.45. The highest BCUT2D eigenvalue weighted by atomic mass is 16.5. The average molecular weight is 250 g/mol. The van der Waals surface area contributed by atoms with Crippen molar-refractivity contribution in [2.45, 2.75) is 26.7 Å². The van der Waals surface area contributed by atoms with Crippen molar-refractivity contribution in [1.82, 2.24) is 0 Å². The third-order valence-corrected chi connectivity index (χ3v) is 2.87. The first-order chi connectivity index (χ1) is 8.46. The van der Waals surface area contributed by atoms with Crippen LogP contribution in [-0.4, -0.2) is 24.3 Å². The molecule has 0 amide bonds. The normalized spacial score (nSPS) is 17.0. The Morgan fingerprint density at radius 1 is 1.28 bits per heavy atom. The predicted molar refractivity (Wildman–Crippen MR) is 67.2 cm³/mol. The van der Waals surface area contributed by atoms with Crippen LogP contribution in [0.2, 0.25) is 0 Å². The largest absolute Gasteiger partial charge is 0.489 e. The number of carboxylic acid groups (broad SMARTS) is 1. The van der Waals surface area contributed by atoms with E-state index in [0.29, 0.717) is 25.4 Å². The Labute approximate surface area is 107 Å². The summed E-state index contributed by atoms with van der Waals surface area (Å²) in [6.45, 7) is 5.39. The van der Waals surface area contributed by atoms with Gasteiger partial charge in [0, 0.05) is 11.8 Å². The number of carboxylic acids is 1. The van der Waals surface area contributed by atoms with Gasteiger partial charge in [-0.15, -0.1) is 0 Å². The first kappa shape index (κ1) is 12.7. The molecule has 4 nitrogen and oxygen atoms in total. The lowest BCUT2D eigenvalue weighted by Gasteiger charge is -2.19. The van der Waals surface area contributed by atoms with Crippen LogP contribution in [0, 0.1) is 5.41 Å². The van der Waals surface area contributed by atoms with Crippen LogP contribution in [-0.2, 0) is 11.2 Å². The Bertz CT molecular complexity index is 451. The van der Waals surface area contributed by atoms with Gasteiger partial charge in [0.2, 0.25) is 0 Å². The molecule has 0 fully saturated rings. The zero-order chi connectivity index (χ0) is 13.2. The second-order valence-corrected chi connectivity index (χ2v) is 5.42. The molecule has 0 aliphatic carbocycles. The van der Waals surface area contributed by atoms with Gasteiger partial charge < -0.3 is 14.6 Å². The molecule has 18 heavy (non-hydrogen) atoms. The van der Waals surface area contributed by atoms with Crippen molar-refractivity contribution < 1.29 is 19.4 Å². The summed E-state index contributed by atoms with van der Waals surface area (Å²) in [6.07, 6.45) is 0.639. The van der Waals surface area contributed by atoms with Crippen LogP contribution in [0.3, 0.4) is 0 Å². The number of benzene rings is 1. The summed E-state index contributed by atoms with van der Waals surface area (Å²) in [5, 5.41) is 8.67. The van der Waals surface area contributed by atoms with Crippen molar-refractivity contribution in [2.24, 2.45) is 5.41 Å². The molecule has 0 aromatic heterocycles. The lowest BCUT2D eigenvalue weighted by atomic mass is 9.97. The maximum atomic E-state index is 10.5. The second kappa shape index (κ2) is 4.88. The van der Waals surface area contributed by atoms with Gasteiger partial charge in [0.1, 0.15) is 0 Å². The molecule has 1 aromatic carbocycles. The standard InChI is InChI=1S/C14H18O4/c1-14(2)8-17-11-5-3-10(4-6-13(15)16)7-12(11)18-9-14/h3,5,7H,4,6,8-9H2,1-2H3,(H,15,16). The van der Waals surface area contributed by atoms with E-state index in [4.69, 9.17) is 14.6 Å². The minimum atomic E-state index is -0.789. The maximum absolute atomic E-state index is 10.5. The zero-order valence-corrected chi connectivity index (χ0v) is 10.7. The van der Waals surface area contributed by atoms with E-state index < -0.39 is 5.97 Å². The molecule has 0 radical (unpaired) electrons. The fourth-order valence-electron chi connectivity index (χ4n) is 1.78. The molecule has 0 spiro atoms. The average Bonchev–Trinajstić information content (AvgIpc) is 2.46. The summed E-state index contributed by atoms with van der Waals surface area (Å²) >= 11 is 0. The van der Waals surface area contributed by atoms with Crippen LogP contribution in [0.25, 0.3) is 0 Å². The topological polar surface area (TPSA) is 55.8 Å². The van der Waals surface area contributed by atoms with E-state index >= 15 is 0 Å². The summed E-state index contributed by atoms with van der Waals surface area (Å²) < 4.78 is 11.4. The van der Waals surface area contributed by atoms with Gasteiger partial charge in [-0.05, 0) is 24.1 Å². The molecule has 0 unspecified atom stereocenters. The predicted octanol–water partition coefficient (Wildman–Crippen LogP) is 2.50. The third-order valence-electron chi connectivity index (χ3n) is 2.87. The number of carbonyl (C=O) groups is 1. The molecule has 1 N–H and O–H groups in total. The lowest BCUT2D eigenvalue weighted by molar-refractivity contribution is -0.136. The number of hydrogen-bond acceptors (Lipinski definition) is 3. The van der Waals surface area contributed by atoms with Gasteiger partial charge in [-0.25, -0.2) is 0 Å². The maximum Gasteiger partial charge on any atom is 0.303 e. The Hall–Kier alpha value is -1.71. The van der Waals surface area contributed by atoms with Gasteiger partial charge in [-0.2, -0.15) is 0 Å². The molecule has 1 aromatic rings. The molecule has 0 bridgehead atoms. The highest BCUT2D eigenvalue weighted by molar-refractivity contribution is 5.67. The van der Waals surface area contributed by atoms with Gasteiger partial charge in [0.05, 0.1) is 13.2 Å². The van der Waals surface area contributed by atoms with E-state index in [9.17, 15) is 4.79 Å². The quantitative estimate of drug-likeness (QED) is 0.895. The molecule has 0 saturated heterocycles. The van der Waals surface area contributed by atoms with Crippen molar-refractivity contribution in [3.63, 3.8) is 0 Å². The summed E-state index contributed by atoms with van der Waals surface area (Å²) in [6, 6.07) is 5.62. The minimum Gasteiger partial charge on any atom is -0.489 e. The third kappa shape index (κ3) is 3.15. The van der Waals surface area contributed by atoms with E-state index in [1.54, 1.807) is 0 Å². The van der Waals surface area contributed by atoms with E-state index in [0.717, 1.165) is 11.3 Å². The van der Waals surface area contributed by atoms with Crippen molar-refractivity contribution in [2.75, 3.05) is 13.2 Å². The monoisotopic (exact) mass is 250 g/mol. The minimum absolute atomic E-state index is 0.0136. The Morgan fingerprint density at radius 2 is 1.94 bits per heavy atom. The molecule has 1 aliphatic heterocycles. The number of fused-ring (bicyclic) bond motifs is 1. The van der Waals surface area contributed by atoms with E-state index in [-0.39, 0.29) is 11.8 Å². The van der Waals surface area contributed by atoms with Crippen LogP contribution in [0.1, 0.15) is 25.8 Å². The SMILES string of the molecule is CC1(C)COc2ccc(CCC(=O)O)cc2OC1. The summed E-state index contributed by atoms with van der Waals surface area (Å²) in [7, 11) is 0. The summed E-state index contributed by atoms with van der Waals surface area (Å²) in [5.41, 5.74) is 0.944. The zero-order valence-electron chi connectivity index (χ0n) is 10.7. The lowest BCUT2D eigenvalue weighted by Crippen LogP contribution is -2.26. The van der Waals surface area contributed by atoms with Gasteiger partial charge in [-0.1, -0.05) is 19.9 Å². The number of aliphatic carboxylic acids is 1. The number of aryl methyl sites for hydroxylation is 1. The molecule has 2 rings (SSSR count). The molecule has 98 valence electrons. The van der Waals surface area contributed by atoms with E-state index in [2.05, 4.69) is 13.8 Å². The Balaban J connectivity index is 2.13. The van der Waals surface area contributed by atoms with Crippen LogP contribution in [0.5, 0.6) is 11.5 Å².